The van der Waals surface area contributed by atoms with Crippen LogP contribution < -0.4 is 5.32 Å². The first-order valence-electron chi connectivity index (χ1n) is 14.7. The van der Waals surface area contributed by atoms with E-state index in [4.69, 9.17) is 0 Å². The highest BCUT2D eigenvalue weighted by molar-refractivity contribution is 7.10. The summed E-state index contributed by atoms with van der Waals surface area (Å²) in [6.07, 6.45) is 8.69. The van der Waals surface area contributed by atoms with Crippen LogP contribution in [0.2, 0.25) is 0 Å². The molecule has 0 aliphatic heterocycles. The quantitative estimate of drug-likeness (QED) is 0.401. The molecule has 202 valence electrons. The van der Waals surface area contributed by atoms with Gasteiger partial charge in [-0.05, 0) is 115 Å². The van der Waals surface area contributed by atoms with Gasteiger partial charge in [0.25, 0.3) is 0 Å². The molecule has 4 saturated carbocycles. The Bertz CT molecular complexity index is 917. The minimum absolute atomic E-state index is 0.0958. The van der Waals surface area contributed by atoms with Gasteiger partial charge in [0.1, 0.15) is 0 Å². The van der Waals surface area contributed by atoms with Crippen molar-refractivity contribution < 1.29 is 15.0 Å². The molecule has 0 bridgehead atoms. The molecule has 5 heteroatoms. The molecule has 0 radical (unpaired) electrons. The van der Waals surface area contributed by atoms with Gasteiger partial charge in [-0.2, -0.15) is 0 Å². The summed E-state index contributed by atoms with van der Waals surface area (Å²) in [5.41, 5.74) is 0.434. The Morgan fingerprint density at radius 3 is 2.44 bits per heavy atom. The zero-order valence-corrected chi connectivity index (χ0v) is 23.9. The lowest BCUT2D eigenvalue weighted by Crippen LogP contribution is -2.58. The van der Waals surface area contributed by atoms with Crippen LogP contribution in [0.3, 0.4) is 0 Å². The number of carbonyl (C=O) groups is 1. The summed E-state index contributed by atoms with van der Waals surface area (Å²) in [7, 11) is 0. The molecular formula is C31H49NO3S. The molecule has 1 heterocycles. The maximum absolute atomic E-state index is 13.2. The first-order chi connectivity index (χ1) is 17.0. The van der Waals surface area contributed by atoms with Crippen molar-refractivity contribution in [2.45, 2.75) is 111 Å². The van der Waals surface area contributed by atoms with E-state index in [1.54, 1.807) is 11.3 Å². The van der Waals surface area contributed by atoms with Crippen LogP contribution in [0.4, 0.5) is 0 Å². The SMILES string of the molecule is CC(C)C(NC(=O)C[C@@H](C)C1CC[C@H]2[C@@H]3C[C@H](O)[C@@H]4C[C@H](O)CC[C@]4(C)[C@H]3CC[C@]12C)c1cccs1. The fourth-order valence-corrected chi connectivity index (χ4v) is 10.9. The highest BCUT2D eigenvalue weighted by atomic mass is 32.1. The number of aliphatic hydroxyl groups excluding tert-OH is 2. The number of aliphatic hydroxyl groups is 2. The Labute approximate surface area is 222 Å². The van der Waals surface area contributed by atoms with Crippen molar-refractivity contribution in [3.8, 4) is 0 Å². The number of nitrogens with one attached hydrogen (secondary N) is 1. The van der Waals surface area contributed by atoms with Gasteiger partial charge < -0.3 is 15.5 Å². The van der Waals surface area contributed by atoms with E-state index in [9.17, 15) is 15.0 Å². The molecule has 3 N–H and O–H groups in total. The van der Waals surface area contributed by atoms with Gasteiger partial charge in [-0.15, -0.1) is 11.3 Å². The second-order valence-corrected chi connectivity index (χ2v) is 14.9. The van der Waals surface area contributed by atoms with Crippen LogP contribution in [-0.4, -0.2) is 28.3 Å². The third-order valence-electron chi connectivity index (χ3n) is 11.8. The van der Waals surface area contributed by atoms with E-state index in [0.29, 0.717) is 41.9 Å². The maximum Gasteiger partial charge on any atom is 0.220 e. The summed E-state index contributed by atoms with van der Waals surface area (Å²) in [6, 6.07) is 4.30. The molecule has 0 aromatic carbocycles. The van der Waals surface area contributed by atoms with Gasteiger partial charge in [-0.3, -0.25) is 4.79 Å². The maximum atomic E-state index is 13.2. The summed E-state index contributed by atoms with van der Waals surface area (Å²) in [5.74, 6) is 3.68. The van der Waals surface area contributed by atoms with Crippen LogP contribution in [0.25, 0.3) is 0 Å². The average molecular weight is 516 g/mol. The number of hydrogen-bond acceptors (Lipinski definition) is 4. The third-order valence-corrected chi connectivity index (χ3v) is 12.7. The zero-order valence-electron chi connectivity index (χ0n) is 23.1. The van der Waals surface area contributed by atoms with E-state index in [2.05, 4.69) is 57.4 Å². The van der Waals surface area contributed by atoms with Crippen molar-refractivity contribution >= 4 is 17.2 Å². The van der Waals surface area contributed by atoms with Gasteiger partial charge in [0.05, 0.1) is 18.2 Å². The molecule has 0 saturated heterocycles. The molecule has 1 amide bonds. The van der Waals surface area contributed by atoms with Crippen molar-refractivity contribution in [1.29, 1.82) is 0 Å². The minimum atomic E-state index is -0.277. The molecule has 4 aliphatic rings. The second-order valence-electron chi connectivity index (χ2n) is 13.9. The summed E-state index contributed by atoms with van der Waals surface area (Å²) in [5, 5.41) is 27.1. The Balaban J connectivity index is 1.27. The fourth-order valence-electron chi connectivity index (χ4n) is 9.96. The Hall–Kier alpha value is -0.910. The topological polar surface area (TPSA) is 69.6 Å². The van der Waals surface area contributed by atoms with Gasteiger partial charge in [-0.1, -0.05) is 40.7 Å². The Morgan fingerprint density at radius 2 is 1.75 bits per heavy atom. The largest absolute Gasteiger partial charge is 0.393 e. The highest BCUT2D eigenvalue weighted by Gasteiger charge is 2.62. The molecule has 0 spiro atoms. The molecular weight excluding hydrogens is 466 g/mol. The van der Waals surface area contributed by atoms with Gasteiger partial charge in [0.2, 0.25) is 5.91 Å². The number of carbonyl (C=O) groups excluding carboxylic acids is 1. The molecule has 1 aromatic rings. The summed E-state index contributed by atoms with van der Waals surface area (Å²) < 4.78 is 0. The van der Waals surface area contributed by atoms with Gasteiger partial charge >= 0.3 is 0 Å². The lowest BCUT2D eigenvalue weighted by atomic mass is 9.44. The van der Waals surface area contributed by atoms with Crippen LogP contribution >= 0.6 is 11.3 Å². The van der Waals surface area contributed by atoms with Crippen LogP contribution in [0, 0.1) is 52.3 Å². The molecule has 4 aliphatic carbocycles. The molecule has 11 atom stereocenters. The summed E-state index contributed by atoms with van der Waals surface area (Å²) >= 11 is 1.73. The Morgan fingerprint density at radius 1 is 1.03 bits per heavy atom. The average Bonchev–Trinajstić information content (AvgIpc) is 3.46. The van der Waals surface area contributed by atoms with Gasteiger partial charge in [-0.25, -0.2) is 0 Å². The van der Waals surface area contributed by atoms with E-state index in [-0.39, 0.29) is 40.9 Å². The smallest absolute Gasteiger partial charge is 0.220 e. The number of fused-ring (bicyclic) bond motifs is 5. The van der Waals surface area contributed by atoms with E-state index in [1.807, 2.05) is 0 Å². The lowest BCUT2D eigenvalue weighted by Gasteiger charge is -2.62. The van der Waals surface area contributed by atoms with Gasteiger partial charge in [0, 0.05) is 11.3 Å². The highest BCUT2D eigenvalue weighted by Crippen LogP contribution is 2.68. The normalized spacial score (nSPS) is 43.8. The number of thiophene rings is 1. The summed E-state index contributed by atoms with van der Waals surface area (Å²) in [6.45, 7) is 11.6. The molecule has 36 heavy (non-hydrogen) atoms. The van der Waals surface area contributed by atoms with Crippen LogP contribution in [0.1, 0.15) is 103 Å². The first-order valence-corrected chi connectivity index (χ1v) is 15.6. The van der Waals surface area contributed by atoms with Crippen LogP contribution in [-0.2, 0) is 4.79 Å². The standard InChI is InChI=1S/C31H49NO3S/c1-18(2)29(27-7-6-14-36-27)32-28(35)15-19(3)22-8-9-23-21-17-26(34)25-16-20(33)10-12-31(25,5)24(21)11-13-30(22,23)4/h6-7,14,18-26,29,33-34H,8-13,15-17H2,1-5H3,(H,32,35)/t19-,20-,21+,22?,23+,24+,25+,26+,29?,30-,31-/m1/s1. The molecule has 2 unspecified atom stereocenters. The van der Waals surface area contributed by atoms with Crippen molar-refractivity contribution in [2.75, 3.05) is 0 Å². The van der Waals surface area contributed by atoms with E-state index >= 15 is 0 Å². The molecule has 4 nitrogen and oxygen atoms in total. The number of hydrogen-bond donors (Lipinski definition) is 3. The Kier molecular flexibility index (Phi) is 7.41. The second kappa shape index (κ2) is 10.0. The number of amides is 1. The number of rotatable bonds is 6. The van der Waals surface area contributed by atoms with Crippen LogP contribution in [0.5, 0.6) is 0 Å². The predicted molar refractivity (Wildman–Crippen MR) is 146 cm³/mol. The first kappa shape index (κ1) is 26.7. The van der Waals surface area contributed by atoms with Crippen molar-refractivity contribution in [3.05, 3.63) is 22.4 Å². The van der Waals surface area contributed by atoms with E-state index < -0.39 is 0 Å². The van der Waals surface area contributed by atoms with E-state index in [0.717, 1.165) is 25.7 Å². The van der Waals surface area contributed by atoms with Crippen molar-refractivity contribution in [3.63, 3.8) is 0 Å². The molecule has 5 rings (SSSR count). The molecule has 1 aromatic heterocycles. The van der Waals surface area contributed by atoms with Crippen LogP contribution in [0.15, 0.2) is 17.5 Å². The molecule has 4 fully saturated rings. The summed E-state index contributed by atoms with van der Waals surface area (Å²) in [4.78, 5) is 14.5. The minimum Gasteiger partial charge on any atom is -0.393 e. The lowest BCUT2D eigenvalue weighted by molar-refractivity contribution is -0.172. The fraction of sp³-hybridized carbons (Fsp3) is 0.839. The van der Waals surface area contributed by atoms with Crippen molar-refractivity contribution in [2.24, 2.45) is 52.3 Å². The zero-order chi connectivity index (χ0) is 25.8. The van der Waals surface area contributed by atoms with E-state index in [1.165, 1.54) is 30.6 Å². The predicted octanol–water partition coefficient (Wildman–Crippen LogP) is 6.58. The third kappa shape index (κ3) is 4.49. The van der Waals surface area contributed by atoms with Gasteiger partial charge in [0.15, 0.2) is 0 Å². The monoisotopic (exact) mass is 515 g/mol. The van der Waals surface area contributed by atoms with Crippen molar-refractivity contribution in [1.82, 2.24) is 5.32 Å².